The van der Waals surface area contributed by atoms with Crippen LogP contribution in [0.15, 0.2) is 23.1 Å². The zero-order valence-electron chi connectivity index (χ0n) is 11.3. The third kappa shape index (κ3) is 3.92. The third-order valence-electron chi connectivity index (χ3n) is 3.74. The van der Waals surface area contributed by atoms with E-state index in [-0.39, 0.29) is 11.5 Å². The third-order valence-corrected chi connectivity index (χ3v) is 3.74. The molecule has 5 nitrogen and oxygen atoms in total. The maximum atomic E-state index is 11.9. The molecule has 0 saturated carbocycles. The molecule has 1 aromatic heterocycles. The molecule has 0 spiro atoms. The minimum Gasteiger partial charge on any atom is -0.352 e. The number of piperidine rings is 1. The predicted octanol–water partition coefficient (Wildman–Crippen LogP) is 0.837. The van der Waals surface area contributed by atoms with Crippen molar-refractivity contribution in [1.82, 2.24) is 15.2 Å². The average Bonchev–Trinajstić information content (AvgIpc) is 2.45. The molecule has 2 rings (SSSR count). The van der Waals surface area contributed by atoms with Gasteiger partial charge >= 0.3 is 0 Å². The highest BCUT2D eigenvalue weighted by atomic mass is 16.2. The molecule has 1 aliphatic rings. The van der Waals surface area contributed by atoms with Gasteiger partial charge in [-0.25, -0.2) is 0 Å². The van der Waals surface area contributed by atoms with Crippen LogP contribution in [0.5, 0.6) is 0 Å². The minimum absolute atomic E-state index is 0.163. The summed E-state index contributed by atoms with van der Waals surface area (Å²) in [4.78, 5) is 27.9. The molecular weight excluding hydrogens is 242 g/mol. The second kappa shape index (κ2) is 6.52. The molecule has 0 bridgehead atoms. The van der Waals surface area contributed by atoms with Gasteiger partial charge < -0.3 is 15.2 Å². The number of carbonyl (C=O) groups is 1. The van der Waals surface area contributed by atoms with Crippen LogP contribution in [0.25, 0.3) is 0 Å². The summed E-state index contributed by atoms with van der Waals surface area (Å²) in [7, 11) is 0. The van der Waals surface area contributed by atoms with E-state index in [2.05, 4.69) is 22.1 Å². The van der Waals surface area contributed by atoms with Gasteiger partial charge in [0.15, 0.2) is 0 Å². The van der Waals surface area contributed by atoms with E-state index in [1.165, 1.54) is 12.3 Å². The molecule has 1 fully saturated rings. The number of pyridine rings is 1. The summed E-state index contributed by atoms with van der Waals surface area (Å²) in [6.45, 7) is 6.20. The van der Waals surface area contributed by atoms with Gasteiger partial charge in [-0.1, -0.05) is 6.92 Å². The van der Waals surface area contributed by atoms with E-state index in [0.29, 0.717) is 18.0 Å². The van der Waals surface area contributed by atoms with E-state index in [0.717, 1.165) is 32.5 Å². The lowest BCUT2D eigenvalue weighted by Gasteiger charge is -2.31. The van der Waals surface area contributed by atoms with E-state index in [1.54, 1.807) is 6.07 Å². The Balaban J connectivity index is 1.80. The van der Waals surface area contributed by atoms with E-state index in [4.69, 9.17) is 0 Å². The Bertz CT molecular complexity index is 476. The van der Waals surface area contributed by atoms with E-state index >= 15 is 0 Å². The SMILES string of the molecule is CCN1CCC(CNC(=O)c2cc[nH]c(=O)c2)CC1. The molecule has 2 N–H and O–H groups in total. The Morgan fingerprint density at radius 3 is 2.84 bits per heavy atom. The summed E-state index contributed by atoms with van der Waals surface area (Å²) in [5, 5.41) is 2.92. The smallest absolute Gasteiger partial charge is 0.251 e. The van der Waals surface area contributed by atoms with Crippen LogP contribution in [-0.4, -0.2) is 42.0 Å². The van der Waals surface area contributed by atoms with Crippen molar-refractivity contribution in [2.75, 3.05) is 26.2 Å². The Hall–Kier alpha value is -1.62. The van der Waals surface area contributed by atoms with Crippen molar-refractivity contribution in [2.24, 2.45) is 5.92 Å². The first-order valence-electron chi connectivity index (χ1n) is 6.88. The van der Waals surface area contributed by atoms with Gasteiger partial charge in [0, 0.05) is 24.4 Å². The Kier molecular flexibility index (Phi) is 4.74. The van der Waals surface area contributed by atoms with Gasteiger partial charge in [0.25, 0.3) is 5.91 Å². The standard InChI is InChI=1S/C14H21N3O2/c1-2-17-7-4-11(5-8-17)10-16-14(19)12-3-6-15-13(18)9-12/h3,6,9,11H,2,4-5,7-8,10H2,1H3,(H,15,18)(H,16,19). The van der Waals surface area contributed by atoms with E-state index in [1.807, 2.05) is 0 Å². The van der Waals surface area contributed by atoms with Gasteiger partial charge in [0.2, 0.25) is 5.56 Å². The fourth-order valence-corrected chi connectivity index (χ4v) is 2.43. The topological polar surface area (TPSA) is 65.2 Å². The van der Waals surface area contributed by atoms with Crippen molar-refractivity contribution in [1.29, 1.82) is 0 Å². The molecule has 1 aliphatic heterocycles. The first-order valence-corrected chi connectivity index (χ1v) is 6.88. The molecule has 1 aromatic rings. The Labute approximate surface area is 113 Å². The Morgan fingerprint density at radius 1 is 1.47 bits per heavy atom. The lowest BCUT2D eigenvalue weighted by molar-refractivity contribution is 0.0936. The van der Waals surface area contributed by atoms with Crippen LogP contribution in [0, 0.1) is 5.92 Å². The van der Waals surface area contributed by atoms with Gasteiger partial charge in [0.1, 0.15) is 0 Å². The number of H-pyrrole nitrogens is 1. The summed E-state index contributed by atoms with van der Waals surface area (Å²) in [5.41, 5.74) is 0.179. The van der Waals surface area contributed by atoms with Crippen LogP contribution >= 0.6 is 0 Å². The maximum absolute atomic E-state index is 11.9. The highest BCUT2D eigenvalue weighted by molar-refractivity contribution is 5.93. The van der Waals surface area contributed by atoms with Crippen LogP contribution in [0.3, 0.4) is 0 Å². The highest BCUT2D eigenvalue weighted by Gasteiger charge is 2.18. The lowest BCUT2D eigenvalue weighted by Crippen LogP contribution is -2.38. The molecule has 0 radical (unpaired) electrons. The number of hydrogen-bond donors (Lipinski definition) is 2. The first kappa shape index (κ1) is 13.8. The maximum Gasteiger partial charge on any atom is 0.251 e. The summed E-state index contributed by atoms with van der Waals surface area (Å²) in [6, 6.07) is 2.95. The fourth-order valence-electron chi connectivity index (χ4n) is 2.43. The summed E-state index contributed by atoms with van der Waals surface area (Å²) in [5.74, 6) is 0.387. The molecule has 0 aromatic carbocycles. The van der Waals surface area contributed by atoms with Crippen LogP contribution in [0.2, 0.25) is 0 Å². The second-order valence-corrected chi connectivity index (χ2v) is 5.03. The van der Waals surface area contributed by atoms with Gasteiger partial charge in [-0.2, -0.15) is 0 Å². The van der Waals surface area contributed by atoms with Crippen LogP contribution in [0.1, 0.15) is 30.1 Å². The summed E-state index contributed by atoms with van der Waals surface area (Å²) in [6.07, 6.45) is 3.75. The van der Waals surface area contributed by atoms with Crippen molar-refractivity contribution in [2.45, 2.75) is 19.8 Å². The molecule has 104 valence electrons. The lowest BCUT2D eigenvalue weighted by atomic mass is 9.97. The molecule has 0 atom stereocenters. The monoisotopic (exact) mass is 263 g/mol. The molecule has 0 unspecified atom stereocenters. The quantitative estimate of drug-likeness (QED) is 0.846. The number of amides is 1. The van der Waals surface area contributed by atoms with E-state index in [9.17, 15) is 9.59 Å². The van der Waals surface area contributed by atoms with E-state index < -0.39 is 0 Å². The molecule has 5 heteroatoms. The van der Waals surface area contributed by atoms with Crippen molar-refractivity contribution in [3.8, 4) is 0 Å². The predicted molar refractivity (Wildman–Crippen MR) is 74.2 cm³/mol. The summed E-state index contributed by atoms with van der Waals surface area (Å²) >= 11 is 0. The average molecular weight is 263 g/mol. The second-order valence-electron chi connectivity index (χ2n) is 5.03. The number of carbonyl (C=O) groups excluding carboxylic acids is 1. The number of aromatic amines is 1. The number of nitrogens with zero attached hydrogens (tertiary/aromatic N) is 1. The molecule has 0 aliphatic carbocycles. The zero-order chi connectivity index (χ0) is 13.7. The molecule has 19 heavy (non-hydrogen) atoms. The summed E-state index contributed by atoms with van der Waals surface area (Å²) < 4.78 is 0. The Morgan fingerprint density at radius 2 is 2.21 bits per heavy atom. The normalized spacial score (nSPS) is 17.3. The fraction of sp³-hybridized carbons (Fsp3) is 0.571. The highest BCUT2D eigenvalue weighted by Crippen LogP contribution is 2.15. The van der Waals surface area contributed by atoms with Crippen molar-refractivity contribution < 1.29 is 4.79 Å². The first-order chi connectivity index (χ1) is 9.19. The molecule has 2 heterocycles. The van der Waals surface area contributed by atoms with Crippen LogP contribution in [0.4, 0.5) is 0 Å². The van der Waals surface area contributed by atoms with Crippen molar-refractivity contribution >= 4 is 5.91 Å². The van der Waals surface area contributed by atoms with Gasteiger partial charge in [0.05, 0.1) is 0 Å². The largest absolute Gasteiger partial charge is 0.352 e. The molecule has 1 saturated heterocycles. The molecule has 1 amide bonds. The van der Waals surface area contributed by atoms with Crippen molar-refractivity contribution in [3.05, 3.63) is 34.2 Å². The van der Waals surface area contributed by atoms with Crippen molar-refractivity contribution in [3.63, 3.8) is 0 Å². The van der Waals surface area contributed by atoms with Gasteiger partial charge in [-0.05, 0) is 44.5 Å². The molecular formula is C14H21N3O2. The number of rotatable bonds is 4. The van der Waals surface area contributed by atoms with Gasteiger partial charge in [-0.15, -0.1) is 0 Å². The van der Waals surface area contributed by atoms with Gasteiger partial charge in [-0.3, -0.25) is 9.59 Å². The minimum atomic E-state index is -0.246. The van der Waals surface area contributed by atoms with Crippen LogP contribution < -0.4 is 10.9 Å². The number of nitrogens with one attached hydrogen (secondary N) is 2. The van der Waals surface area contributed by atoms with Crippen LogP contribution in [-0.2, 0) is 0 Å². The zero-order valence-corrected chi connectivity index (χ0v) is 11.3. The number of hydrogen-bond acceptors (Lipinski definition) is 3. The number of likely N-dealkylation sites (tertiary alicyclic amines) is 1. The number of aromatic nitrogens is 1.